The van der Waals surface area contributed by atoms with E-state index in [4.69, 9.17) is 23.2 Å². The van der Waals surface area contributed by atoms with Gasteiger partial charge in [0, 0.05) is 41.9 Å². The molecular formula is C19H24Cl2N2O2S. The van der Waals surface area contributed by atoms with E-state index in [1.165, 1.54) is 0 Å². The third-order valence-corrected chi connectivity index (χ3v) is 7.70. The molecular weight excluding hydrogens is 391 g/mol. The van der Waals surface area contributed by atoms with E-state index in [-0.39, 0.29) is 16.7 Å². The molecule has 1 aromatic rings. The lowest BCUT2D eigenvalue weighted by atomic mass is 9.92. The molecule has 0 unspecified atom stereocenters. The minimum absolute atomic E-state index is 0.0263. The number of hydrogen-bond donors (Lipinski definition) is 0. The number of carbonyl (C=O) groups is 2. The number of alkyl halides is 1. The highest BCUT2D eigenvalue weighted by molar-refractivity contribution is 8.00. The highest BCUT2D eigenvalue weighted by Crippen LogP contribution is 2.45. The zero-order chi connectivity index (χ0) is 18.9. The molecule has 0 bridgehead atoms. The summed E-state index contributed by atoms with van der Waals surface area (Å²) in [5.41, 5.74) is 0.0756. The largest absolute Gasteiger partial charge is 0.342 e. The van der Waals surface area contributed by atoms with Crippen molar-refractivity contribution in [3.05, 3.63) is 34.9 Å². The predicted molar refractivity (Wildman–Crippen MR) is 108 cm³/mol. The maximum absolute atomic E-state index is 13.0. The van der Waals surface area contributed by atoms with Crippen LogP contribution in [-0.2, 0) is 4.79 Å². The Labute approximate surface area is 169 Å². The number of nitrogens with zero attached hydrogens (tertiary/aromatic N) is 2. The van der Waals surface area contributed by atoms with Gasteiger partial charge in [-0.05, 0) is 44.9 Å². The van der Waals surface area contributed by atoms with Gasteiger partial charge in [-0.25, -0.2) is 0 Å². The highest BCUT2D eigenvalue weighted by Gasteiger charge is 2.48. The van der Waals surface area contributed by atoms with Crippen molar-refractivity contribution >= 4 is 46.8 Å². The number of likely N-dealkylation sites (tertiary alicyclic amines) is 1. The molecule has 26 heavy (non-hydrogen) atoms. The summed E-state index contributed by atoms with van der Waals surface area (Å²) in [6, 6.07) is 7.12. The molecule has 0 N–H and O–H groups in total. The number of benzene rings is 1. The lowest BCUT2D eigenvalue weighted by Gasteiger charge is -2.45. The molecule has 2 aliphatic heterocycles. The average Bonchev–Trinajstić information content (AvgIpc) is 3.04. The molecule has 142 valence electrons. The monoisotopic (exact) mass is 414 g/mol. The number of piperidine rings is 1. The van der Waals surface area contributed by atoms with Gasteiger partial charge in [-0.3, -0.25) is 9.59 Å². The fourth-order valence-corrected chi connectivity index (χ4v) is 5.39. The molecule has 0 atom stereocenters. The summed E-state index contributed by atoms with van der Waals surface area (Å²) in [4.78, 5) is 29.4. The molecule has 0 radical (unpaired) electrons. The van der Waals surface area contributed by atoms with Gasteiger partial charge < -0.3 is 9.80 Å². The first-order valence-corrected chi connectivity index (χ1v) is 10.8. The van der Waals surface area contributed by atoms with Crippen LogP contribution in [0.2, 0.25) is 5.02 Å². The topological polar surface area (TPSA) is 40.6 Å². The van der Waals surface area contributed by atoms with E-state index in [0.717, 1.165) is 25.1 Å². The molecule has 0 saturated carbocycles. The van der Waals surface area contributed by atoms with E-state index in [1.807, 2.05) is 41.5 Å². The molecule has 3 rings (SSSR count). The van der Waals surface area contributed by atoms with Crippen LogP contribution in [0.15, 0.2) is 24.3 Å². The van der Waals surface area contributed by atoms with Crippen molar-refractivity contribution in [3.63, 3.8) is 0 Å². The van der Waals surface area contributed by atoms with Crippen LogP contribution in [0.25, 0.3) is 0 Å². The fraction of sp³-hybridized carbons (Fsp3) is 0.579. The van der Waals surface area contributed by atoms with E-state index >= 15 is 0 Å². The second-order valence-electron chi connectivity index (χ2n) is 7.57. The molecule has 2 aliphatic rings. The molecule has 2 saturated heterocycles. The number of amides is 2. The van der Waals surface area contributed by atoms with E-state index in [1.54, 1.807) is 18.2 Å². The van der Waals surface area contributed by atoms with E-state index in [2.05, 4.69) is 0 Å². The quantitative estimate of drug-likeness (QED) is 0.698. The van der Waals surface area contributed by atoms with E-state index < -0.39 is 5.41 Å². The number of rotatable bonds is 3. The Hall–Kier alpha value is -0.910. The Morgan fingerprint density at radius 3 is 2.54 bits per heavy atom. The van der Waals surface area contributed by atoms with Crippen LogP contribution in [0.1, 0.15) is 37.0 Å². The van der Waals surface area contributed by atoms with Crippen molar-refractivity contribution in [2.45, 2.75) is 31.6 Å². The SMILES string of the molecule is CC(C)(CCl)C(=O)N1CCC2(CC1)SCCN2C(=O)c1cccc(Cl)c1. The summed E-state index contributed by atoms with van der Waals surface area (Å²) in [6.45, 7) is 5.81. The summed E-state index contributed by atoms with van der Waals surface area (Å²) >= 11 is 13.8. The van der Waals surface area contributed by atoms with Crippen molar-refractivity contribution in [1.29, 1.82) is 0 Å². The number of carbonyl (C=O) groups excluding carboxylic acids is 2. The zero-order valence-electron chi connectivity index (χ0n) is 15.1. The van der Waals surface area contributed by atoms with Gasteiger partial charge in [-0.15, -0.1) is 23.4 Å². The molecule has 0 aliphatic carbocycles. The molecule has 2 fully saturated rings. The number of hydrogen-bond acceptors (Lipinski definition) is 3. The molecule has 0 aromatic heterocycles. The molecule has 2 amide bonds. The summed E-state index contributed by atoms with van der Waals surface area (Å²) in [5, 5.41) is 0.570. The average molecular weight is 415 g/mol. The van der Waals surface area contributed by atoms with Gasteiger partial charge in [0.05, 0.1) is 10.3 Å². The second kappa shape index (κ2) is 7.61. The molecule has 7 heteroatoms. The van der Waals surface area contributed by atoms with E-state index in [0.29, 0.717) is 29.6 Å². The van der Waals surface area contributed by atoms with Gasteiger partial charge >= 0.3 is 0 Å². The number of thioether (sulfide) groups is 1. The van der Waals surface area contributed by atoms with Crippen LogP contribution < -0.4 is 0 Å². The minimum Gasteiger partial charge on any atom is -0.342 e. The van der Waals surface area contributed by atoms with Gasteiger partial charge in [0.1, 0.15) is 0 Å². The van der Waals surface area contributed by atoms with Crippen molar-refractivity contribution in [1.82, 2.24) is 9.80 Å². The van der Waals surface area contributed by atoms with Crippen molar-refractivity contribution in [2.75, 3.05) is 31.3 Å². The Bertz CT molecular complexity index is 703. The van der Waals surface area contributed by atoms with Crippen molar-refractivity contribution in [2.24, 2.45) is 5.41 Å². The van der Waals surface area contributed by atoms with Gasteiger partial charge in [0.25, 0.3) is 5.91 Å². The third-order valence-electron chi connectivity index (χ3n) is 5.24. The summed E-state index contributed by atoms with van der Waals surface area (Å²) < 4.78 is 0. The van der Waals surface area contributed by atoms with Gasteiger partial charge in [0.15, 0.2) is 0 Å². The van der Waals surface area contributed by atoms with Crippen LogP contribution in [-0.4, -0.2) is 57.8 Å². The van der Waals surface area contributed by atoms with Crippen molar-refractivity contribution in [3.8, 4) is 0 Å². The lowest BCUT2D eigenvalue weighted by molar-refractivity contribution is -0.140. The highest BCUT2D eigenvalue weighted by atomic mass is 35.5. The summed E-state index contributed by atoms with van der Waals surface area (Å²) in [7, 11) is 0. The summed E-state index contributed by atoms with van der Waals surface area (Å²) in [6.07, 6.45) is 1.57. The Morgan fingerprint density at radius 2 is 1.92 bits per heavy atom. The Morgan fingerprint density at radius 1 is 1.23 bits per heavy atom. The molecule has 4 nitrogen and oxygen atoms in total. The van der Waals surface area contributed by atoms with Gasteiger partial charge in [-0.2, -0.15) is 0 Å². The van der Waals surface area contributed by atoms with Crippen LogP contribution >= 0.6 is 35.0 Å². The fourth-order valence-electron chi connectivity index (χ4n) is 3.63. The predicted octanol–water partition coefficient (Wildman–Crippen LogP) is 4.11. The first-order chi connectivity index (χ1) is 12.3. The Kier molecular flexibility index (Phi) is 5.80. The van der Waals surface area contributed by atoms with E-state index in [9.17, 15) is 9.59 Å². The smallest absolute Gasteiger partial charge is 0.255 e. The van der Waals surface area contributed by atoms with Crippen LogP contribution in [0.5, 0.6) is 0 Å². The third kappa shape index (κ3) is 3.71. The molecule has 1 spiro atoms. The zero-order valence-corrected chi connectivity index (χ0v) is 17.5. The van der Waals surface area contributed by atoms with Crippen LogP contribution in [0.4, 0.5) is 0 Å². The maximum atomic E-state index is 13.0. The number of halogens is 2. The van der Waals surface area contributed by atoms with Crippen LogP contribution in [0, 0.1) is 5.41 Å². The molecule has 2 heterocycles. The van der Waals surface area contributed by atoms with Gasteiger partial charge in [0.2, 0.25) is 5.91 Å². The lowest BCUT2D eigenvalue weighted by Crippen LogP contribution is -2.55. The minimum atomic E-state index is -0.550. The first kappa shape index (κ1) is 19.8. The first-order valence-electron chi connectivity index (χ1n) is 8.86. The Balaban J connectivity index is 1.73. The second-order valence-corrected chi connectivity index (χ2v) is 9.73. The standard InChI is InChI=1S/C19H24Cl2N2O2S/c1-18(2,13-20)17(25)22-8-6-19(7-9-22)23(10-11-26-19)16(24)14-4-3-5-15(21)12-14/h3-5,12H,6-11,13H2,1-2H3. The van der Waals surface area contributed by atoms with Crippen LogP contribution in [0.3, 0.4) is 0 Å². The maximum Gasteiger partial charge on any atom is 0.255 e. The molecule has 1 aromatic carbocycles. The normalized spacial score (nSPS) is 19.8. The summed E-state index contributed by atoms with van der Waals surface area (Å²) in [5.74, 6) is 1.35. The van der Waals surface area contributed by atoms with Crippen molar-refractivity contribution < 1.29 is 9.59 Å². The van der Waals surface area contributed by atoms with Gasteiger partial charge in [-0.1, -0.05) is 17.7 Å².